The van der Waals surface area contributed by atoms with Crippen molar-refractivity contribution >= 4 is 23.4 Å². The lowest BCUT2D eigenvalue weighted by atomic mass is 10.1. The molecule has 9 heteroatoms. The predicted molar refractivity (Wildman–Crippen MR) is 107 cm³/mol. The molecule has 1 amide bonds. The van der Waals surface area contributed by atoms with E-state index in [0.29, 0.717) is 17.6 Å². The number of allylic oxidation sites excluding steroid dienone is 1. The van der Waals surface area contributed by atoms with Gasteiger partial charge in [0.1, 0.15) is 5.82 Å². The van der Waals surface area contributed by atoms with Crippen LogP contribution in [0.4, 0.5) is 18.9 Å². The maximum absolute atomic E-state index is 13.2. The van der Waals surface area contributed by atoms with Crippen LogP contribution in [0.1, 0.15) is 44.0 Å². The van der Waals surface area contributed by atoms with Crippen LogP contribution in [0.3, 0.4) is 0 Å². The monoisotopic (exact) mass is 424 g/mol. The minimum atomic E-state index is -4.55. The molecule has 1 saturated carbocycles. The number of nitrogens with zero attached hydrogens (tertiary/aromatic N) is 3. The molecule has 0 saturated heterocycles. The maximum atomic E-state index is 13.2. The van der Waals surface area contributed by atoms with Gasteiger partial charge in [0.2, 0.25) is 5.91 Å². The zero-order valence-corrected chi connectivity index (χ0v) is 17.1. The second-order valence-electron chi connectivity index (χ2n) is 7.33. The maximum Gasteiger partial charge on any atom is 0.418 e. The third kappa shape index (κ3) is 5.01. The second kappa shape index (κ2) is 8.61. The van der Waals surface area contributed by atoms with Gasteiger partial charge in [-0.05, 0) is 30.9 Å². The molecule has 1 unspecified atom stereocenters. The molecule has 3 rings (SSSR count). The van der Waals surface area contributed by atoms with Crippen LogP contribution in [0, 0.1) is 5.92 Å². The highest BCUT2D eigenvalue weighted by molar-refractivity contribution is 8.00. The molecule has 1 heterocycles. The number of hydrogen-bond donors (Lipinski definition) is 1. The molecule has 1 atom stereocenters. The Morgan fingerprint density at radius 2 is 2.03 bits per heavy atom. The number of amides is 1. The van der Waals surface area contributed by atoms with Gasteiger partial charge in [0.15, 0.2) is 5.16 Å². The molecule has 1 N–H and O–H groups in total. The third-order valence-corrected chi connectivity index (χ3v) is 6.11. The number of rotatable bonds is 8. The van der Waals surface area contributed by atoms with E-state index in [1.54, 1.807) is 6.08 Å². The lowest BCUT2D eigenvalue weighted by Crippen LogP contribution is -2.31. The average molecular weight is 424 g/mol. The molecule has 5 nitrogen and oxygen atoms in total. The Labute approximate surface area is 171 Å². The SMILES string of the molecule is C=CCn1c(SC(C(=O)Nc2ccccc2C(F)(F)F)C(C)C)nnc1C1CC1. The zero-order valence-electron chi connectivity index (χ0n) is 16.2. The van der Waals surface area contributed by atoms with Crippen molar-refractivity contribution in [2.75, 3.05) is 5.32 Å². The first kappa shape index (κ1) is 21.4. The van der Waals surface area contributed by atoms with E-state index >= 15 is 0 Å². The number of nitrogens with one attached hydrogen (secondary N) is 1. The molecule has 1 aromatic carbocycles. The molecule has 1 aromatic heterocycles. The first-order chi connectivity index (χ1) is 13.7. The summed E-state index contributed by atoms with van der Waals surface area (Å²) in [4.78, 5) is 12.9. The largest absolute Gasteiger partial charge is 0.418 e. The quantitative estimate of drug-likeness (QED) is 0.472. The lowest BCUT2D eigenvalue weighted by molar-refractivity contribution is -0.137. The molecular formula is C20H23F3N4OS. The predicted octanol–water partition coefficient (Wildman–Crippen LogP) is 5.12. The number of para-hydroxylation sites is 1. The molecule has 1 fully saturated rings. The number of carbonyl (C=O) groups is 1. The van der Waals surface area contributed by atoms with Crippen LogP contribution in [0.25, 0.3) is 0 Å². The van der Waals surface area contributed by atoms with Crippen LogP contribution < -0.4 is 5.32 Å². The van der Waals surface area contributed by atoms with Crippen molar-refractivity contribution in [3.8, 4) is 0 Å². The molecule has 0 spiro atoms. The minimum Gasteiger partial charge on any atom is -0.325 e. The number of aromatic nitrogens is 3. The molecule has 0 bridgehead atoms. The Balaban J connectivity index is 1.83. The van der Waals surface area contributed by atoms with Crippen molar-refractivity contribution in [3.05, 3.63) is 48.3 Å². The van der Waals surface area contributed by atoms with Gasteiger partial charge in [-0.2, -0.15) is 13.2 Å². The topological polar surface area (TPSA) is 59.8 Å². The highest BCUT2D eigenvalue weighted by atomic mass is 32.2. The number of halogens is 3. The van der Waals surface area contributed by atoms with Crippen LogP contribution in [0.15, 0.2) is 42.1 Å². The van der Waals surface area contributed by atoms with Gasteiger partial charge < -0.3 is 9.88 Å². The summed E-state index contributed by atoms with van der Waals surface area (Å²) in [6.45, 7) is 7.98. The summed E-state index contributed by atoms with van der Waals surface area (Å²) >= 11 is 1.22. The van der Waals surface area contributed by atoms with Gasteiger partial charge in [-0.15, -0.1) is 16.8 Å². The van der Waals surface area contributed by atoms with Gasteiger partial charge in [-0.3, -0.25) is 4.79 Å². The van der Waals surface area contributed by atoms with Gasteiger partial charge in [0, 0.05) is 12.5 Å². The molecular weight excluding hydrogens is 401 g/mol. The van der Waals surface area contributed by atoms with Crippen LogP contribution in [0.2, 0.25) is 0 Å². The van der Waals surface area contributed by atoms with E-state index in [2.05, 4.69) is 22.1 Å². The molecule has 0 aliphatic heterocycles. The van der Waals surface area contributed by atoms with Crippen molar-refractivity contribution in [2.45, 2.75) is 55.7 Å². The molecule has 2 aromatic rings. The van der Waals surface area contributed by atoms with Crippen molar-refractivity contribution in [2.24, 2.45) is 5.92 Å². The van der Waals surface area contributed by atoms with E-state index in [4.69, 9.17) is 0 Å². The number of carbonyl (C=O) groups excluding carboxylic acids is 1. The summed E-state index contributed by atoms with van der Waals surface area (Å²) < 4.78 is 41.7. The standard InChI is InChI=1S/C20H23F3N4OS/c1-4-11-27-17(13-9-10-13)25-26-19(27)29-16(12(2)3)18(28)24-15-8-6-5-7-14(15)20(21,22)23/h4-8,12-13,16H,1,9-11H2,2-3H3,(H,24,28). The first-order valence-corrected chi connectivity index (χ1v) is 10.3. The summed E-state index contributed by atoms with van der Waals surface area (Å²) in [7, 11) is 0. The Bertz CT molecular complexity index is 890. The molecule has 156 valence electrons. The summed E-state index contributed by atoms with van der Waals surface area (Å²) in [5.74, 6) is 0.624. The lowest BCUT2D eigenvalue weighted by Gasteiger charge is -2.21. The summed E-state index contributed by atoms with van der Waals surface area (Å²) in [5.41, 5.74) is -1.12. The van der Waals surface area contributed by atoms with Gasteiger partial charge in [0.05, 0.1) is 16.5 Å². The molecule has 29 heavy (non-hydrogen) atoms. The molecule has 1 aliphatic rings. The normalized spacial score (nSPS) is 15.4. The van der Waals surface area contributed by atoms with Crippen molar-refractivity contribution < 1.29 is 18.0 Å². The van der Waals surface area contributed by atoms with Crippen molar-refractivity contribution in [1.29, 1.82) is 0 Å². The third-order valence-electron chi connectivity index (χ3n) is 4.59. The average Bonchev–Trinajstić information content (AvgIpc) is 3.41. The van der Waals surface area contributed by atoms with E-state index in [1.807, 2.05) is 18.4 Å². The molecule has 0 radical (unpaired) electrons. The summed E-state index contributed by atoms with van der Waals surface area (Å²) in [5, 5.41) is 10.9. The Morgan fingerprint density at radius 1 is 1.34 bits per heavy atom. The Morgan fingerprint density at radius 3 is 2.62 bits per heavy atom. The van der Waals surface area contributed by atoms with Gasteiger partial charge in [0.25, 0.3) is 0 Å². The van der Waals surface area contributed by atoms with Crippen LogP contribution in [0.5, 0.6) is 0 Å². The number of anilines is 1. The smallest absolute Gasteiger partial charge is 0.325 e. The van der Waals surface area contributed by atoms with E-state index in [-0.39, 0.29) is 11.6 Å². The van der Waals surface area contributed by atoms with E-state index in [9.17, 15) is 18.0 Å². The van der Waals surface area contributed by atoms with Gasteiger partial charge in [-0.1, -0.05) is 43.8 Å². The number of benzene rings is 1. The van der Waals surface area contributed by atoms with E-state index in [1.165, 1.54) is 30.0 Å². The zero-order chi connectivity index (χ0) is 21.2. The Kier molecular flexibility index (Phi) is 6.36. The highest BCUT2D eigenvalue weighted by Crippen LogP contribution is 2.41. The number of thioether (sulfide) groups is 1. The van der Waals surface area contributed by atoms with Gasteiger partial charge >= 0.3 is 6.18 Å². The van der Waals surface area contributed by atoms with Gasteiger partial charge in [-0.25, -0.2) is 0 Å². The summed E-state index contributed by atoms with van der Waals surface area (Å²) in [6.07, 6.45) is -0.693. The minimum absolute atomic E-state index is 0.128. The number of alkyl halides is 3. The van der Waals surface area contributed by atoms with Crippen LogP contribution in [-0.2, 0) is 17.5 Å². The number of hydrogen-bond acceptors (Lipinski definition) is 4. The first-order valence-electron chi connectivity index (χ1n) is 9.40. The Hall–Kier alpha value is -2.29. The second-order valence-corrected chi connectivity index (χ2v) is 8.44. The fraction of sp³-hybridized carbons (Fsp3) is 0.450. The highest BCUT2D eigenvalue weighted by Gasteiger charge is 2.35. The van der Waals surface area contributed by atoms with E-state index < -0.39 is 22.9 Å². The fourth-order valence-corrected chi connectivity index (χ4v) is 4.03. The van der Waals surface area contributed by atoms with Crippen LogP contribution >= 0.6 is 11.8 Å². The van der Waals surface area contributed by atoms with E-state index in [0.717, 1.165) is 24.7 Å². The molecule has 1 aliphatic carbocycles. The summed E-state index contributed by atoms with van der Waals surface area (Å²) in [6, 6.07) is 4.97. The fourth-order valence-electron chi connectivity index (χ4n) is 2.98. The van der Waals surface area contributed by atoms with Crippen molar-refractivity contribution in [3.63, 3.8) is 0 Å². The van der Waals surface area contributed by atoms with Crippen LogP contribution in [-0.4, -0.2) is 25.9 Å². The van der Waals surface area contributed by atoms with Crippen molar-refractivity contribution in [1.82, 2.24) is 14.8 Å².